The van der Waals surface area contributed by atoms with Crippen molar-refractivity contribution in [2.24, 2.45) is 5.10 Å². The van der Waals surface area contributed by atoms with E-state index < -0.39 is 0 Å². The minimum atomic E-state index is 0.463. The first kappa shape index (κ1) is 16.8. The highest BCUT2D eigenvalue weighted by atomic mass is 32.1. The Kier molecular flexibility index (Phi) is 6.38. The Morgan fingerprint density at radius 3 is 2.52 bits per heavy atom. The van der Waals surface area contributed by atoms with E-state index in [2.05, 4.69) is 15.8 Å². The Balaban J connectivity index is 1.85. The highest BCUT2D eigenvalue weighted by Gasteiger charge is 2.03. The largest absolute Gasteiger partial charge is 0.493 e. The molecular formula is C17H19N3O2S. The van der Waals surface area contributed by atoms with Crippen LogP contribution in [-0.2, 0) is 6.54 Å². The number of hydrazone groups is 1. The van der Waals surface area contributed by atoms with E-state index in [1.807, 2.05) is 48.5 Å². The van der Waals surface area contributed by atoms with Crippen molar-refractivity contribution in [3.8, 4) is 11.5 Å². The van der Waals surface area contributed by atoms with E-state index in [9.17, 15) is 0 Å². The van der Waals surface area contributed by atoms with Crippen LogP contribution in [0.15, 0.2) is 53.6 Å². The summed E-state index contributed by atoms with van der Waals surface area (Å²) >= 11 is 5.18. The monoisotopic (exact) mass is 329 g/mol. The van der Waals surface area contributed by atoms with Gasteiger partial charge in [0.1, 0.15) is 0 Å². The lowest BCUT2D eigenvalue weighted by atomic mass is 10.2. The Morgan fingerprint density at radius 1 is 1.09 bits per heavy atom. The molecule has 0 heterocycles. The quantitative estimate of drug-likeness (QED) is 0.485. The lowest BCUT2D eigenvalue weighted by Gasteiger charge is -2.08. The molecule has 0 atom stereocenters. The minimum absolute atomic E-state index is 0.463. The highest BCUT2D eigenvalue weighted by molar-refractivity contribution is 7.80. The molecule has 0 aliphatic carbocycles. The first-order valence-corrected chi connectivity index (χ1v) is 7.46. The average Bonchev–Trinajstić information content (AvgIpc) is 2.60. The lowest BCUT2D eigenvalue weighted by molar-refractivity contribution is 0.355. The molecule has 0 aliphatic heterocycles. The summed E-state index contributed by atoms with van der Waals surface area (Å²) in [7, 11) is 3.20. The van der Waals surface area contributed by atoms with Gasteiger partial charge in [0.05, 0.1) is 20.4 Å². The van der Waals surface area contributed by atoms with Crippen LogP contribution in [0.3, 0.4) is 0 Å². The number of nitrogens with one attached hydrogen (secondary N) is 2. The number of nitrogens with zero attached hydrogens (tertiary/aromatic N) is 1. The van der Waals surface area contributed by atoms with Crippen molar-refractivity contribution in [2.45, 2.75) is 6.54 Å². The van der Waals surface area contributed by atoms with Crippen LogP contribution in [0, 0.1) is 0 Å². The van der Waals surface area contributed by atoms with Gasteiger partial charge in [0.2, 0.25) is 0 Å². The molecule has 2 aromatic rings. The van der Waals surface area contributed by atoms with Crippen molar-refractivity contribution in [1.29, 1.82) is 0 Å². The molecule has 23 heavy (non-hydrogen) atoms. The van der Waals surface area contributed by atoms with Crippen molar-refractivity contribution in [3.63, 3.8) is 0 Å². The average molecular weight is 329 g/mol. The third-order valence-corrected chi connectivity index (χ3v) is 3.32. The predicted octanol–water partition coefficient (Wildman–Crippen LogP) is 2.70. The molecule has 0 saturated heterocycles. The molecule has 0 unspecified atom stereocenters. The van der Waals surface area contributed by atoms with Crippen LogP contribution in [0.25, 0.3) is 0 Å². The summed E-state index contributed by atoms with van der Waals surface area (Å²) in [4.78, 5) is 0. The maximum Gasteiger partial charge on any atom is 0.187 e. The number of ether oxygens (including phenoxy) is 2. The number of hydrogen-bond acceptors (Lipinski definition) is 4. The first-order chi connectivity index (χ1) is 11.2. The van der Waals surface area contributed by atoms with Crippen LogP contribution in [0.1, 0.15) is 11.1 Å². The molecule has 2 rings (SSSR count). The fourth-order valence-corrected chi connectivity index (χ4v) is 2.04. The molecule has 6 heteroatoms. The first-order valence-electron chi connectivity index (χ1n) is 7.06. The SMILES string of the molecule is COc1ccc(/C=N/NC(=S)NCc2ccccc2)cc1OC. The zero-order valence-electron chi connectivity index (χ0n) is 13.1. The summed E-state index contributed by atoms with van der Waals surface area (Å²) in [6, 6.07) is 15.6. The second kappa shape index (κ2) is 8.75. The Morgan fingerprint density at radius 2 is 1.83 bits per heavy atom. The molecule has 0 saturated carbocycles. The van der Waals surface area contributed by atoms with E-state index in [-0.39, 0.29) is 0 Å². The summed E-state index contributed by atoms with van der Waals surface area (Å²) in [6.45, 7) is 0.651. The molecule has 2 aromatic carbocycles. The fourth-order valence-electron chi connectivity index (χ4n) is 1.92. The summed E-state index contributed by atoms with van der Waals surface area (Å²) in [5, 5.41) is 7.66. The Labute approximate surface area is 141 Å². The van der Waals surface area contributed by atoms with Gasteiger partial charge in [0.25, 0.3) is 0 Å². The lowest BCUT2D eigenvalue weighted by Crippen LogP contribution is -2.31. The van der Waals surface area contributed by atoms with Gasteiger partial charge in [-0.3, -0.25) is 5.43 Å². The molecule has 120 valence electrons. The number of hydrogen-bond donors (Lipinski definition) is 2. The van der Waals surface area contributed by atoms with E-state index in [4.69, 9.17) is 21.7 Å². The van der Waals surface area contributed by atoms with Crippen molar-refractivity contribution in [2.75, 3.05) is 14.2 Å². The van der Waals surface area contributed by atoms with Gasteiger partial charge >= 0.3 is 0 Å². The molecule has 0 spiro atoms. The highest BCUT2D eigenvalue weighted by Crippen LogP contribution is 2.26. The molecule has 0 aromatic heterocycles. The zero-order valence-corrected chi connectivity index (χ0v) is 13.9. The summed E-state index contributed by atoms with van der Waals surface area (Å²) < 4.78 is 10.4. The van der Waals surface area contributed by atoms with Gasteiger partial charge in [-0.2, -0.15) is 5.10 Å². The summed E-state index contributed by atoms with van der Waals surface area (Å²) in [5.74, 6) is 1.33. The van der Waals surface area contributed by atoms with Crippen LogP contribution in [0.4, 0.5) is 0 Å². The predicted molar refractivity (Wildman–Crippen MR) is 96.2 cm³/mol. The summed E-state index contributed by atoms with van der Waals surface area (Å²) in [6.07, 6.45) is 1.67. The number of thiocarbonyl (C=S) groups is 1. The Hall–Kier alpha value is -2.60. The van der Waals surface area contributed by atoms with E-state index in [1.54, 1.807) is 20.4 Å². The van der Waals surface area contributed by atoms with Gasteiger partial charge in [0, 0.05) is 6.54 Å². The third-order valence-electron chi connectivity index (χ3n) is 3.08. The van der Waals surface area contributed by atoms with Gasteiger partial charge in [-0.25, -0.2) is 0 Å². The van der Waals surface area contributed by atoms with Gasteiger partial charge in [-0.1, -0.05) is 30.3 Å². The fraction of sp³-hybridized carbons (Fsp3) is 0.176. The van der Waals surface area contributed by atoms with Crippen LogP contribution >= 0.6 is 12.2 Å². The topological polar surface area (TPSA) is 54.9 Å². The van der Waals surface area contributed by atoms with Crippen molar-refractivity contribution in [1.82, 2.24) is 10.7 Å². The van der Waals surface area contributed by atoms with Gasteiger partial charge < -0.3 is 14.8 Å². The zero-order chi connectivity index (χ0) is 16.5. The smallest absolute Gasteiger partial charge is 0.187 e. The van der Waals surface area contributed by atoms with Gasteiger partial charge in [-0.05, 0) is 41.5 Å². The third kappa shape index (κ3) is 5.27. The number of benzene rings is 2. The number of rotatable bonds is 6. The van der Waals surface area contributed by atoms with E-state index >= 15 is 0 Å². The maximum atomic E-state index is 5.25. The normalized spacial score (nSPS) is 10.3. The molecule has 0 bridgehead atoms. The molecule has 0 radical (unpaired) electrons. The second-order valence-electron chi connectivity index (χ2n) is 4.65. The van der Waals surface area contributed by atoms with Gasteiger partial charge in [-0.15, -0.1) is 0 Å². The Bertz CT molecular complexity index is 675. The van der Waals surface area contributed by atoms with E-state index in [0.29, 0.717) is 23.2 Å². The molecular weight excluding hydrogens is 310 g/mol. The van der Waals surface area contributed by atoms with Crippen LogP contribution in [0.5, 0.6) is 11.5 Å². The van der Waals surface area contributed by atoms with Crippen LogP contribution < -0.4 is 20.2 Å². The van der Waals surface area contributed by atoms with Gasteiger partial charge in [0.15, 0.2) is 16.6 Å². The molecule has 5 nitrogen and oxygen atoms in total. The van der Waals surface area contributed by atoms with E-state index in [0.717, 1.165) is 11.1 Å². The molecule has 0 fully saturated rings. The van der Waals surface area contributed by atoms with Crippen LogP contribution in [0.2, 0.25) is 0 Å². The summed E-state index contributed by atoms with van der Waals surface area (Å²) in [5.41, 5.74) is 4.81. The van der Waals surface area contributed by atoms with E-state index in [1.165, 1.54) is 0 Å². The number of methoxy groups -OCH3 is 2. The van der Waals surface area contributed by atoms with Crippen molar-refractivity contribution < 1.29 is 9.47 Å². The minimum Gasteiger partial charge on any atom is -0.493 e. The van der Waals surface area contributed by atoms with Crippen molar-refractivity contribution >= 4 is 23.5 Å². The molecule has 0 amide bonds. The molecule has 2 N–H and O–H groups in total. The van der Waals surface area contributed by atoms with Crippen LogP contribution in [-0.4, -0.2) is 25.5 Å². The van der Waals surface area contributed by atoms with Crippen molar-refractivity contribution in [3.05, 3.63) is 59.7 Å². The standard InChI is InChI=1S/C17H19N3O2S/c1-21-15-9-8-14(10-16(15)22-2)12-19-20-17(23)18-11-13-6-4-3-5-7-13/h3-10,12H,11H2,1-2H3,(H2,18,20,23)/b19-12+. The molecule has 0 aliphatic rings. The second-order valence-corrected chi connectivity index (χ2v) is 5.06. The maximum absolute atomic E-state index is 5.25.